The van der Waals surface area contributed by atoms with Crippen LogP contribution in [0.25, 0.3) is 0 Å². The van der Waals surface area contributed by atoms with Gasteiger partial charge in [-0.2, -0.15) is 0 Å². The molecule has 0 aliphatic carbocycles. The van der Waals surface area contributed by atoms with Crippen LogP contribution < -0.4 is 10.6 Å². The predicted molar refractivity (Wildman–Crippen MR) is 98.6 cm³/mol. The summed E-state index contributed by atoms with van der Waals surface area (Å²) in [5.74, 6) is 0.228. The number of nitrogens with one attached hydrogen (secondary N) is 2. The average molecular weight is 344 g/mol. The first-order chi connectivity index (χ1) is 12.0. The van der Waals surface area contributed by atoms with Gasteiger partial charge < -0.3 is 15.5 Å². The number of carbonyl (C=O) groups is 2. The lowest BCUT2D eigenvalue weighted by molar-refractivity contribution is -0.135. The third-order valence-electron chi connectivity index (χ3n) is 5.16. The quantitative estimate of drug-likeness (QED) is 0.860. The zero-order chi connectivity index (χ0) is 17.8. The Balaban J connectivity index is 1.47. The number of rotatable bonds is 4. The molecule has 0 aromatic heterocycles. The summed E-state index contributed by atoms with van der Waals surface area (Å²) in [4.78, 5) is 28.8. The summed E-state index contributed by atoms with van der Waals surface area (Å²) in [6.07, 6.45) is 2.02. The number of piperazine rings is 1. The van der Waals surface area contributed by atoms with Gasteiger partial charge in [0, 0.05) is 31.9 Å². The summed E-state index contributed by atoms with van der Waals surface area (Å²) in [5.41, 5.74) is 3.06. The molecule has 2 amide bonds. The lowest BCUT2D eigenvalue weighted by atomic mass is 10.1. The molecule has 2 heterocycles. The number of anilines is 1. The number of para-hydroxylation sites is 1. The Labute approximate surface area is 149 Å². The molecular formula is C19H28N4O2. The van der Waals surface area contributed by atoms with Gasteiger partial charge in [0.1, 0.15) is 0 Å². The Kier molecular flexibility index (Phi) is 5.71. The highest BCUT2D eigenvalue weighted by Crippen LogP contribution is 2.19. The standard InChI is InChI=1S/C19H28N4O2/c1-14-5-3-6-15(2)18(14)21-17(24)13-22-9-11-23(12-10-22)19(25)16-7-4-8-20-16/h3,5-6,16,20H,4,7-13H2,1-2H3,(H,21,24). The number of hydrogen-bond donors (Lipinski definition) is 2. The third kappa shape index (κ3) is 4.38. The molecule has 0 bridgehead atoms. The van der Waals surface area contributed by atoms with Crippen LogP contribution in [0.2, 0.25) is 0 Å². The Hall–Kier alpha value is -1.92. The van der Waals surface area contributed by atoms with E-state index in [1.54, 1.807) is 0 Å². The van der Waals surface area contributed by atoms with Crippen LogP contribution in [0.1, 0.15) is 24.0 Å². The van der Waals surface area contributed by atoms with E-state index in [1.165, 1.54) is 0 Å². The minimum Gasteiger partial charge on any atom is -0.339 e. The second kappa shape index (κ2) is 7.97. The number of amides is 2. The molecule has 2 N–H and O–H groups in total. The van der Waals surface area contributed by atoms with E-state index in [0.717, 1.165) is 49.3 Å². The van der Waals surface area contributed by atoms with Crippen LogP contribution in [0.4, 0.5) is 5.69 Å². The molecule has 0 radical (unpaired) electrons. The fourth-order valence-corrected chi connectivity index (χ4v) is 3.64. The van der Waals surface area contributed by atoms with Crippen LogP contribution >= 0.6 is 0 Å². The Morgan fingerprint density at radius 2 is 1.84 bits per heavy atom. The molecule has 0 spiro atoms. The maximum atomic E-state index is 12.4. The molecule has 3 rings (SSSR count). The summed E-state index contributed by atoms with van der Waals surface area (Å²) in [6, 6.07) is 6.00. The van der Waals surface area contributed by atoms with E-state index in [0.29, 0.717) is 19.6 Å². The van der Waals surface area contributed by atoms with Crippen LogP contribution in [0, 0.1) is 13.8 Å². The molecule has 1 aromatic rings. The van der Waals surface area contributed by atoms with Crippen LogP contribution in [-0.4, -0.2) is 66.9 Å². The summed E-state index contributed by atoms with van der Waals surface area (Å²) in [5, 5.41) is 6.30. The molecule has 6 nitrogen and oxygen atoms in total. The van der Waals surface area contributed by atoms with E-state index in [2.05, 4.69) is 15.5 Å². The van der Waals surface area contributed by atoms with Crippen molar-refractivity contribution in [3.63, 3.8) is 0 Å². The summed E-state index contributed by atoms with van der Waals surface area (Å²) >= 11 is 0. The highest BCUT2D eigenvalue weighted by Gasteiger charge is 2.29. The number of hydrogen-bond acceptors (Lipinski definition) is 4. The molecular weight excluding hydrogens is 316 g/mol. The maximum absolute atomic E-state index is 12.4. The molecule has 1 atom stereocenters. The first-order valence-electron chi connectivity index (χ1n) is 9.15. The van der Waals surface area contributed by atoms with E-state index in [4.69, 9.17) is 0 Å². The number of benzene rings is 1. The molecule has 2 aliphatic rings. The second-order valence-corrected chi connectivity index (χ2v) is 7.07. The molecule has 2 aliphatic heterocycles. The van der Waals surface area contributed by atoms with Gasteiger partial charge in [-0.05, 0) is 44.4 Å². The van der Waals surface area contributed by atoms with Crippen LogP contribution in [-0.2, 0) is 9.59 Å². The van der Waals surface area contributed by atoms with Crippen LogP contribution in [0.5, 0.6) is 0 Å². The van der Waals surface area contributed by atoms with Crippen molar-refractivity contribution in [2.24, 2.45) is 0 Å². The Bertz CT molecular complexity index is 612. The van der Waals surface area contributed by atoms with Crippen molar-refractivity contribution >= 4 is 17.5 Å². The first-order valence-corrected chi connectivity index (χ1v) is 9.15. The van der Waals surface area contributed by atoms with Gasteiger partial charge in [0.05, 0.1) is 12.6 Å². The fourth-order valence-electron chi connectivity index (χ4n) is 3.64. The molecule has 25 heavy (non-hydrogen) atoms. The van der Waals surface area contributed by atoms with E-state index < -0.39 is 0 Å². The van der Waals surface area contributed by atoms with E-state index in [1.807, 2.05) is 36.9 Å². The smallest absolute Gasteiger partial charge is 0.239 e. The van der Waals surface area contributed by atoms with Crippen molar-refractivity contribution < 1.29 is 9.59 Å². The predicted octanol–water partition coefficient (Wildman–Crippen LogP) is 1.14. The highest BCUT2D eigenvalue weighted by atomic mass is 16.2. The lowest BCUT2D eigenvalue weighted by Crippen LogP contribution is -2.54. The Morgan fingerprint density at radius 3 is 2.44 bits per heavy atom. The van der Waals surface area contributed by atoms with E-state index in [9.17, 15) is 9.59 Å². The van der Waals surface area contributed by atoms with Crippen LogP contribution in [0.3, 0.4) is 0 Å². The van der Waals surface area contributed by atoms with Gasteiger partial charge in [-0.15, -0.1) is 0 Å². The normalized spacial score (nSPS) is 21.4. The fraction of sp³-hybridized carbons (Fsp3) is 0.579. The summed E-state index contributed by atoms with van der Waals surface area (Å²) < 4.78 is 0. The van der Waals surface area contributed by atoms with E-state index >= 15 is 0 Å². The van der Waals surface area contributed by atoms with Gasteiger partial charge in [0.2, 0.25) is 11.8 Å². The van der Waals surface area contributed by atoms with Gasteiger partial charge >= 0.3 is 0 Å². The van der Waals surface area contributed by atoms with E-state index in [-0.39, 0.29) is 17.9 Å². The molecule has 136 valence electrons. The minimum atomic E-state index is -0.00104. The number of aryl methyl sites for hydroxylation is 2. The average Bonchev–Trinajstić information content (AvgIpc) is 3.13. The molecule has 2 saturated heterocycles. The molecule has 1 aromatic carbocycles. The first kappa shape index (κ1) is 17.9. The zero-order valence-corrected chi connectivity index (χ0v) is 15.2. The zero-order valence-electron chi connectivity index (χ0n) is 15.2. The molecule has 6 heteroatoms. The summed E-state index contributed by atoms with van der Waals surface area (Å²) in [6.45, 7) is 8.22. The van der Waals surface area contributed by atoms with Crippen molar-refractivity contribution in [3.8, 4) is 0 Å². The molecule has 0 saturated carbocycles. The van der Waals surface area contributed by atoms with Crippen molar-refractivity contribution in [1.82, 2.24) is 15.1 Å². The topological polar surface area (TPSA) is 64.7 Å². The van der Waals surface area contributed by atoms with Gasteiger partial charge in [0.25, 0.3) is 0 Å². The number of carbonyl (C=O) groups excluding carboxylic acids is 2. The van der Waals surface area contributed by atoms with Gasteiger partial charge in [-0.1, -0.05) is 18.2 Å². The van der Waals surface area contributed by atoms with Gasteiger partial charge in [0.15, 0.2) is 0 Å². The van der Waals surface area contributed by atoms with Gasteiger partial charge in [-0.3, -0.25) is 14.5 Å². The minimum absolute atomic E-state index is 0.00104. The molecule has 1 unspecified atom stereocenters. The van der Waals surface area contributed by atoms with Gasteiger partial charge in [-0.25, -0.2) is 0 Å². The number of nitrogens with zero attached hydrogens (tertiary/aromatic N) is 2. The largest absolute Gasteiger partial charge is 0.339 e. The Morgan fingerprint density at radius 1 is 1.16 bits per heavy atom. The van der Waals surface area contributed by atoms with Crippen molar-refractivity contribution in [3.05, 3.63) is 29.3 Å². The highest BCUT2D eigenvalue weighted by molar-refractivity contribution is 5.93. The maximum Gasteiger partial charge on any atom is 0.239 e. The second-order valence-electron chi connectivity index (χ2n) is 7.07. The third-order valence-corrected chi connectivity index (χ3v) is 5.16. The monoisotopic (exact) mass is 344 g/mol. The van der Waals surface area contributed by atoms with Crippen LogP contribution in [0.15, 0.2) is 18.2 Å². The molecule has 2 fully saturated rings. The van der Waals surface area contributed by atoms with Crippen molar-refractivity contribution in [2.45, 2.75) is 32.7 Å². The lowest BCUT2D eigenvalue weighted by Gasteiger charge is -2.35. The summed E-state index contributed by atoms with van der Waals surface area (Å²) in [7, 11) is 0. The SMILES string of the molecule is Cc1cccc(C)c1NC(=O)CN1CCN(C(=O)C2CCCN2)CC1. The van der Waals surface area contributed by atoms with Crippen molar-refractivity contribution in [1.29, 1.82) is 0 Å². The van der Waals surface area contributed by atoms with Crippen molar-refractivity contribution in [2.75, 3.05) is 44.6 Å².